The summed E-state index contributed by atoms with van der Waals surface area (Å²) >= 11 is 0. The third-order valence-electron chi connectivity index (χ3n) is 2.65. The summed E-state index contributed by atoms with van der Waals surface area (Å²) in [6.45, 7) is 2.90. The number of aliphatic hydroxyl groups is 1. The summed E-state index contributed by atoms with van der Waals surface area (Å²) in [6, 6.07) is 0.345. The molecular formula is C8H16N2O. The molecule has 1 aliphatic heterocycles. The van der Waals surface area contributed by atoms with Crippen molar-refractivity contribution in [1.29, 1.82) is 0 Å². The van der Waals surface area contributed by atoms with Crippen LogP contribution in [0, 0.1) is 0 Å². The molecule has 1 aliphatic carbocycles. The number of hydrogen-bond donors (Lipinski definition) is 2. The number of hydrogen-bond acceptors (Lipinski definition) is 3. The maximum Gasteiger partial charge on any atom is 0.0776 e. The highest BCUT2D eigenvalue weighted by molar-refractivity contribution is 4.97. The Hall–Kier alpha value is -0.120. The number of nitrogens with zero attached hydrogens (tertiary/aromatic N) is 1. The molecule has 11 heavy (non-hydrogen) atoms. The first kappa shape index (κ1) is 7.53. The van der Waals surface area contributed by atoms with Gasteiger partial charge >= 0.3 is 0 Å². The summed E-state index contributed by atoms with van der Waals surface area (Å²) in [5.74, 6) is 0. The second kappa shape index (κ2) is 2.44. The Kier molecular flexibility index (Phi) is 1.67. The number of rotatable bonds is 2. The molecule has 0 radical (unpaired) electrons. The molecule has 0 amide bonds. The maximum atomic E-state index is 9.59. The minimum Gasteiger partial charge on any atom is -0.389 e. The molecule has 2 aliphatic rings. The van der Waals surface area contributed by atoms with Crippen molar-refractivity contribution in [2.45, 2.75) is 30.9 Å². The van der Waals surface area contributed by atoms with Crippen molar-refractivity contribution in [2.75, 3.05) is 19.6 Å². The molecule has 2 fully saturated rings. The predicted molar refractivity (Wildman–Crippen MR) is 43.2 cm³/mol. The van der Waals surface area contributed by atoms with Crippen LogP contribution in [0.1, 0.15) is 19.3 Å². The van der Waals surface area contributed by atoms with Gasteiger partial charge in [0.05, 0.1) is 5.60 Å². The second-order valence-electron chi connectivity index (χ2n) is 4.01. The zero-order chi connectivity index (χ0) is 7.90. The van der Waals surface area contributed by atoms with Crippen molar-refractivity contribution >= 4 is 0 Å². The molecular weight excluding hydrogens is 140 g/mol. The largest absolute Gasteiger partial charge is 0.389 e. The number of nitrogens with two attached hydrogens (primary N) is 1. The van der Waals surface area contributed by atoms with Crippen molar-refractivity contribution in [3.63, 3.8) is 0 Å². The van der Waals surface area contributed by atoms with E-state index in [2.05, 4.69) is 4.90 Å². The quantitative estimate of drug-likeness (QED) is 0.569. The SMILES string of the molecule is NC1CCN(CC2(O)CC2)C1. The van der Waals surface area contributed by atoms with Gasteiger partial charge in [0.1, 0.15) is 0 Å². The monoisotopic (exact) mass is 156 g/mol. The van der Waals surface area contributed by atoms with Gasteiger partial charge < -0.3 is 10.8 Å². The van der Waals surface area contributed by atoms with E-state index < -0.39 is 0 Å². The van der Waals surface area contributed by atoms with Gasteiger partial charge in [-0.1, -0.05) is 0 Å². The fourth-order valence-corrected chi connectivity index (χ4v) is 1.72. The highest BCUT2D eigenvalue weighted by Gasteiger charge is 2.42. The third kappa shape index (κ3) is 1.72. The molecule has 3 N–H and O–H groups in total. The van der Waals surface area contributed by atoms with E-state index >= 15 is 0 Å². The Morgan fingerprint density at radius 1 is 1.55 bits per heavy atom. The highest BCUT2D eigenvalue weighted by Crippen LogP contribution is 2.36. The van der Waals surface area contributed by atoms with E-state index in [0.29, 0.717) is 6.04 Å². The predicted octanol–water partition coefficient (Wildman–Crippen LogP) is -0.456. The van der Waals surface area contributed by atoms with E-state index in [1.54, 1.807) is 0 Å². The average Bonchev–Trinajstić information content (AvgIpc) is 2.49. The minimum absolute atomic E-state index is 0.329. The molecule has 0 aromatic carbocycles. The van der Waals surface area contributed by atoms with Crippen LogP contribution in [0.4, 0.5) is 0 Å². The smallest absolute Gasteiger partial charge is 0.0776 e. The lowest BCUT2D eigenvalue weighted by Gasteiger charge is -2.18. The van der Waals surface area contributed by atoms with Gasteiger partial charge in [0.25, 0.3) is 0 Å². The molecule has 1 atom stereocenters. The maximum absolute atomic E-state index is 9.59. The molecule has 0 spiro atoms. The van der Waals surface area contributed by atoms with Crippen molar-refractivity contribution in [3.8, 4) is 0 Å². The van der Waals surface area contributed by atoms with Gasteiger partial charge in [-0.25, -0.2) is 0 Å². The molecule has 0 aromatic heterocycles. The van der Waals surface area contributed by atoms with Gasteiger partial charge in [-0.15, -0.1) is 0 Å². The Balaban J connectivity index is 1.79. The van der Waals surface area contributed by atoms with Crippen LogP contribution in [0.25, 0.3) is 0 Å². The summed E-state index contributed by atoms with van der Waals surface area (Å²) in [6.07, 6.45) is 3.06. The topological polar surface area (TPSA) is 49.5 Å². The first-order valence-corrected chi connectivity index (χ1v) is 4.38. The third-order valence-corrected chi connectivity index (χ3v) is 2.65. The van der Waals surface area contributed by atoms with Crippen LogP contribution >= 0.6 is 0 Å². The zero-order valence-corrected chi connectivity index (χ0v) is 6.79. The fourth-order valence-electron chi connectivity index (χ4n) is 1.72. The van der Waals surface area contributed by atoms with Gasteiger partial charge in [0.2, 0.25) is 0 Å². The van der Waals surface area contributed by atoms with Crippen LogP contribution in [0.15, 0.2) is 0 Å². The molecule has 0 aromatic rings. The Morgan fingerprint density at radius 3 is 2.73 bits per heavy atom. The Morgan fingerprint density at radius 2 is 2.27 bits per heavy atom. The summed E-state index contributed by atoms with van der Waals surface area (Å²) in [5, 5.41) is 9.59. The lowest BCUT2D eigenvalue weighted by atomic mass is 10.3. The number of likely N-dealkylation sites (tertiary alicyclic amines) is 1. The van der Waals surface area contributed by atoms with E-state index in [0.717, 1.165) is 38.9 Å². The average molecular weight is 156 g/mol. The molecule has 3 nitrogen and oxygen atoms in total. The summed E-state index contributed by atoms with van der Waals surface area (Å²) < 4.78 is 0. The normalized spacial score (nSPS) is 36.0. The second-order valence-corrected chi connectivity index (χ2v) is 4.01. The van der Waals surface area contributed by atoms with Gasteiger partial charge in [0.15, 0.2) is 0 Å². The minimum atomic E-state index is -0.329. The van der Waals surface area contributed by atoms with Gasteiger partial charge in [-0.3, -0.25) is 4.90 Å². The lowest BCUT2D eigenvalue weighted by molar-refractivity contribution is 0.103. The Labute approximate surface area is 67.2 Å². The van der Waals surface area contributed by atoms with Crippen LogP contribution < -0.4 is 5.73 Å². The molecule has 0 bridgehead atoms. The molecule has 1 heterocycles. The lowest BCUT2D eigenvalue weighted by Crippen LogP contribution is -2.34. The van der Waals surface area contributed by atoms with E-state index in [4.69, 9.17) is 5.73 Å². The molecule has 1 saturated carbocycles. The first-order valence-electron chi connectivity index (χ1n) is 4.38. The molecule has 1 unspecified atom stereocenters. The highest BCUT2D eigenvalue weighted by atomic mass is 16.3. The van der Waals surface area contributed by atoms with Crippen LogP contribution in [0.2, 0.25) is 0 Å². The van der Waals surface area contributed by atoms with Gasteiger partial charge in [0, 0.05) is 19.1 Å². The summed E-state index contributed by atoms with van der Waals surface area (Å²) in [4.78, 5) is 2.28. The zero-order valence-electron chi connectivity index (χ0n) is 6.79. The number of β-amino-alcohol motifs (C(OH)–C–C–N with tert-alkyl or cyclic N) is 1. The van der Waals surface area contributed by atoms with Crippen molar-refractivity contribution < 1.29 is 5.11 Å². The molecule has 64 valence electrons. The molecule has 3 heteroatoms. The summed E-state index contributed by atoms with van der Waals surface area (Å²) in [7, 11) is 0. The Bertz CT molecular complexity index is 156. The summed E-state index contributed by atoms with van der Waals surface area (Å²) in [5.41, 5.74) is 5.41. The van der Waals surface area contributed by atoms with Crippen LogP contribution in [0.3, 0.4) is 0 Å². The van der Waals surface area contributed by atoms with Crippen molar-refractivity contribution in [1.82, 2.24) is 4.90 Å². The molecule has 1 saturated heterocycles. The standard InChI is InChI=1S/C8H16N2O/c9-7-1-4-10(5-7)6-8(11)2-3-8/h7,11H,1-6,9H2. The van der Waals surface area contributed by atoms with Crippen molar-refractivity contribution in [3.05, 3.63) is 0 Å². The van der Waals surface area contributed by atoms with E-state index in [-0.39, 0.29) is 5.60 Å². The fraction of sp³-hybridized carbons (Fsp3) is 1.00. The van der Waals surface area contributed by atoms with Gasteiger partial charge in [-0.2, -0.15) is 0 Å². The first-order chi connectivity index (χ1) is 5.18. The molecule has 2 rings (SSSR count). The van der Waals surface area contributed by atoms with Crippen LogP contribution in [0.5, 0.6) is 0 Å². The van der Waals surface area contributed by atoms with E-state index in [9.17, 15) is 5.11 Å². The van der Waals surface area contributed by atoms with Crippen LogP contribution in [-0.2, 0) is 0 Å². The van der Waals surface area contributed by atoms with E-state index in [1.165, 1.54) is 0 Å². The van der Waals surface area contributed by atoms with Crippen molar-refractivity contribution in [2.24, 2.45) is 5.73 Å². The van der Waals surface area contributed by atoms with Gasteiger partial charge in [-0.05, 0) is 25.8 Å². The van der Waals surface area contributed by atoms with E-state index in [1.807, 2.05) is 0 Å². The van der Waals surface area contributed by atoms with Crippen LogP contribution in [-0.4, -0.2) is 41.3 Å².